The Hall–Kier alpha value is -1.63. The molecule has 2 saturated heterocycles. The lowest BCUT2D eigenvalue weighted by molar-refractivity contribution is -0.152. The molecule has 0 bridgehead atoms. The number of nitrogens with one attached hydrogen (secondary N) is 1. The number of amides is 2. The van der Waals surface area contributed by atoms with Crippen molar-refractivity contribution < 1.29 is 24.2 Å². The van der Waals surface area contributed by atoms with Gasteiger partial charge in [0.25, 0.3) is 0 Å². The summed E-state index contributed by atoms with van der Waals surface area (Å²) in [6.07, 6.45) is -0.409. The van der Waals surface area contributed by atoms with Gasteiger partial charge in [-0.2, -0.15) is 0 Å². The van der Waals surface area contributed by atoms with Crippen LogP contribution in [0.3, 0.4) is 0 Å². The molecule has 3 atom stereocenters. The number of carbonyl (C=O) groups excluding carboxylic acids is 2. The number of hydrogen-bond donors (Lipinski definition) is 2. The predicted octanol–water partition coefficient (Wildman–Crippen LogP) is -0.256. The van der Waals surface area contributed by atoms with E-state index in [9.17, 15) is 14.4 Å². The highest BCUT2D eigenvalue weighted by atomic mass is 16.5. The molecule has 112 valence electrons. The zero-order valence-electron chi connectivity index (χ0n) is 11.7. The van der Waals surface area contributed by atoms with E-state index in [1.54, 1.807) is 4.90 Å². The molecule has 0 aromatic heterocycles. The van der Waals surface area contributed by atoms with Gasteiger partial charge in [0, 0.05) is 12.6 Å². The minimum absolute atomic E-state index is 0.0823. The number of likely N-dealkylation sites (tertiary alicyclic amines) is 1. The maximum absolute atomic E-state index is 12.0. The summed E-state index contributed by atoms with van der Waals surface area (Å²) >= 11 is 0. The fourth-order valence-electron chi connectivity index (χ4n) is 2.62. The highest BCUT2D eigenvalue weighted by Crippen LogP contribution is 2.21. The van der Waals surface area contributed by atoms with Crippen LogP contribution in [0.25, 0.3) is 0 Å². The molecule has 2 amide bonds. The Labute approximate surface area is 117 Å². The topological polar surface area (TPSA) is 95.9 Å². The zero-order valence-corrected chi connectivity index (χ0v) is 11.7. The van der Waals surface area contributed by atoms with Crippen LogP contribution in [0.2, 0.25) is 0 Å². The first-order chi connectivity index (χ1) is 9.40. The number of hydrogen-bond acceptors (Lipinski definition) is 4. The van der Waals surface area contributed by atoms with E-state index in [1.165, 1.54) is 0 Å². The van der Waals surface area contributed by atoms with Crippen LogP contribution in [0.15, 0.2) is 0 Å². The van der Waals surface area contributed by atoms with E-state index in [4.69, 9.17) is 9.84 Å². The quantitative estimate of drug-likeness (QED) is 0.742. The van der Waals surface area contributed by atoms with E-state index in [0.717, 1.165) is 0 Å². The first-order valence-corrected chi connectivity index (χ1v) is 6.89. The van der Waals surface area contributed by atoms with Crippen molar-refractivity contribution in [2.45, 2.75) is 57.4 Å². The Morgan fingerprint density at radius 2 is 1.95 bits per heavy atom. The first kappa shape index (κ1) is 14.8. The Bertz CT molecular complexity index is 423. The van der Waals surface area contributed by atoms with E-state index in [0.29, 0.717) is 25.8 Å². The average Bonchev–Trinajstić information content (AvgIpc) is 2.97. The standard InChI is InChI=1S/C13H20N2O5/c1-7(2)15-6-5-8(12(15)17)14-11(16)9-3-4-10(20-9)13(18)19/h7-10H,3-6H2,1-2H3,(H,14,16)(H,18,19)/t8?,9-,10+/m0/s1. The summed E-state index contributed by atoms with van der Waals surface area (Å²) in [5, 5.41) is 11.5. The van der Waals surface area contributed by atoms with E-state index in [-0.39, 0.29) is 11.9 Å². The molecule has 2 aliphatic rings. The third kappa shape index (κ3) is 2.92. The van der Waals surface area contributed by atoms with Gasteiger partial charge >= 0.3 is 5.97 Å². The number of carboxylic acid groups (broad SMARTS) is 1. The Morgan fingerprint density at radius 1 is 1.30 bits per heavy atom. The SMILES string of the molecule is CC(C)N1CCC(NC(=O)[C@@H]2CC[C@H](C(=O)O)O2)C1=O. The van der Waals surface area contributed by atoms with Crippen LogP contribution in [0.4, 0.5) is 0 Å². The number of aliphatic carboxylic acids is 1. The van der Waals surface area contributed by atoms with Crippen LogP contribution in [0.5, 0.6) is 0 Å². The van der Waals surface area contributed by atoms with Gasteiger partial charge in [0.05, 0.1) is 0 Å². The molecule has 2 N–H and O–H groups in total. The summed E-state index contributed by atoms with van der Waals surface area (Å²) in [6.45, 7) is 4.49. The van der Waals surface area contributed by atoms with Crippen LogP contribution in [-0.2, 0) is 19.1 Å². The average molecular weight is 284 g/mol. The third-order valence-corrected chi connectivity index (χ3v) is 3.77. The van der Waals surface area contributed by atoms with Gasteiger partial charge in [0.15, 0.2) is 6.10 Å². The third-order valence-electron chi connectivity index (χ3n) is 3.77. The minimum Gasteiger partial charge on any atom is -0.479 e. The minimum atomic E-state index is -1.05. The molecule has 7 nitrogen and oxygen atoms in total. The van der Waals surface area contributed by atoms with Crippen molar-refractivity contribution in [3.05, 3.63) is 0 Å². The van der Waals surface area contributed by atoms with Crippen LogP contribution in [0.1, 0.15) is 33.1 Å². The van der Waals surface area contributed by atoms with Gasteiger partial charge in [-0.3, -0.25) is 9.59 Å². The van der Waals surface area contributed by atoms with Crippen molar-refractivity contribution in [1.29, 1.82) is 0 Å². The number of rotatable bonds is 4. The second kappa shape index (κ2) is 5.78. The van der Waals surface area contributed by atoms with Crippen molar-refractivity contribution in [3.63, 3.8) is 0 Å². The largest absolute Gasteiger partial charge is 0.479 e. The normalized spacial score (nSPS) is 30.1. The molecule has 0 aromatic rings. The zero-order chi connectivity index (χ0) is 14.9. The van der Waals surface area contributed by atoms with E-state index in [1.807, 2.05) is 13.8 Å². The Morgan fingerprint density at radius 3 is 2.45 bits per heavy atom. The van der Waals surface area contributed by atoms with Crippen molar-refractivity contribution in [2.24, 2.45) is 0 Å². The number of nitrogens with zero attached hydrogens (tertiary/aromatic N) is 1. The van der Waals surface area contributed by atoms with Crippen LogP contribution >= 0.6 is 0 Å². The number of carboxylic acids is 1. The molecule has 0 spiro atoms. The lowest BCUT2D eigenvalue weighted by atomic mass is 10.1. The lowest BCUT2D eigenvalue weighted by Gasteiger charge is -2.21. The summed E-state index contributed by atoms with van der Waals surface area (Å²) in [5.41, 5.74) is 0. The van der Waals surface area contributed by atoms with Gasteiger partial charge < -0.3 is 20.1 Å². The molecule has 1 unspecified atom stereocenters. The molecular weight excluding hydrogens is 264 g/mol. The predicted molar refractivity (Wildman–Crippen MR) is 68.9 cm³/mol. The fourth-order valence-corrected chi connectivity index (χ4v) is 2.62. The van der Waals surface area contributed by atoms with E-state index >= 15 is 0 Å². The first-order valence-electron chi connectivity index (χ1n) is 6.89. The van der Waals surface area contributed by atoms with Gasteiger partial charge in [-0.25, -0.2) is 4.79 Å². The van der Waals surface area contributed by atoms with Crippen molar-refractivity contribution in [2.75, 3.05) is 6.54 Å². The molecule has 2 fully saturated rings. The van der Waals surface area contributed by atoms with Gasteiger partial charge in [0.2, 0.25) is 11.8 Å². The Balaban J connectivity index is 1.87. The van der Waals surface area contributed by atoms with Crippen molar-refractivity contribution >= 4 is 17.8 Å². The van der Waals surface area contributed by atoms with Crippen molar-refractivity contribution in [3.8, 4) is 0 Å². The molecule has 0 saturated carbocycles. The van der Waals surface area contributed by atoms with Gasteiger partial charge in [-0.05, 0) is 33.1 Å². The second-order valence-electron chi connectivity index (χ2n) is 5.50. The van der Waals surface area contributed by atoms with Crippen LogP contribution in [0, 0.1) is 0 Å². The van der Waals surface area contributed by atoms with Gasteiger partial charge in [-0.1, -0.05) is 0 Å². The monoisotopic (exact) mass is 284 g/mol. The summed E-state index contributed by atoms with van der Waals surface area (Å²) < 4.78 is 5.17. The molecule has 20 heavy (non-hydrogen) atoms. The molecule has 2 heterocycles. The Kier molecular flexibility index (Phi) is 4.27. The smallest absolute Gasteiger partial charge is 0.332 e. The summed E-state index contributed by atoms with van der Waals surface area (Å²) in [6, 6.07) is -0.402. The van der Waals surface area contributed by atoms with Crippen LogP contribution in [-0.4, -0.2) is 58.6 Å². The number of carbonyl (C=O) groups is 3. The molecule has 0 aromatic carbocycles. The molecule has 2 rings (SSSR count). The summed E-state index contributed by atoms with van der Waals surface area (Å²) in [5.74, 6) is -1.53. The van der Waals surface area contributed by atoms with E-state index < -0.39 is 30.1 Å². The highest BCUT2D eigenvalue weighted by molar-refractivity contribution is 5.91. The molecular formula is C13H20N2O5. The maximum Gasteiger partial charge on any atom is 0.332 e. The summed E-state index contributed by atoms with van der Waals surface area (Å²) in [7, 11) is 0. The molecule has 7 heteroatoms. The molecule has 0 aliphatic carbocycles. The van der Waals surface area contributed by atoms with Crippen LogP contribution < -0.4 is 5.32 Å². The van der Waals surface area contributed by atoms with Crippen molar-refractivity contribution in [1.82, 2.24) is 10.2 Å². The lowest BCUT2D eigenvalue weighted by Crippen LogP contribution is -2.46. The van der Waals surface area contributed by atoms with E-state index in [2.05, 4.69) is 5.32 Å². The highest BCUT2D eigenvalue weighted by Gasteiger charge is 2.39. The molecule has 0 radical (unpaired) electrons. The second-order valence-corrected chi connectivity index (χ2v) is 5.50. The summed E-state index contributed by atoms with van der Waals surface area (Å²) in [4.78, 5) is 36.5. The van der Waals surface area contributed by atoms with Gasteiger partial charge in [0.1, 0.15) is 12.1 Å². The maximum atomic E-state index is 12.0. The molecule has 2 aliphatic heterocycles. The fraction of sp³-hybridized carbons (Fsp3) is 0.769. The van der Waals surface area contributed by atoms with Gasteiger partial charge in [-0.15, -0.1) is 0 Å². The number of ether oxygens (including phenoxy) is 1.